The first-order valence-corrected chi connectivity index (χ1v) is 8.57. The first-order chi connectivity index (χ1) is 13.5. The van der Waals surface area contributed by atoms with Crippen molar-refractivity contribution in [2.45, 2.75) is 13.8 Å². The Labute approximate surface area is 159 Å². The number of fused-ring (bicyclic) bond motifs is 1. The van der Waals surface area contributed by atoms with Crippen LogP contribution in [0.25, 0.3) is 11.0 Å². The number of aryl methyl sites for hydroxylation is 2. The monoisotopic (exact) mass is 376 g/mol. The molecule has 2 aromatic heterocycles. The summed E-state index contributed by atoms with van der Waals surface area (Å²) in [4.78, 5) is 24.7. The van der Waals surface area contributed by atoms with Crippen molar-refractivity contribution in [1.29, 1.82) is 0 Å². The summed E-state index contributed by atoms with van der Waals surface area (Å²) >= 11 is 0. The van der Waals surface area contributed by atoms with Crippen LogP contribution in [0, 0.1) is 13.8 Å². The lowest BCUT2D eigenvalue weighted by Crippen LogP contribution is -2.08. The molecule has 0 fully saturated rings. The predicted octanol–water partition coefficient (Wildman–Crippen LogP) is 5.01. The van der Waals surface area contributed by atoms with Crippen LogP contribution < -0.4 is 14.9 Å². The Morgan fingerprint density at radius 3 is 2.43 bits per heavy atom. The number of rotatable bonds is 4. The summed E-state index contributed by atoms with van der Waals surface area (Å²) in [5, 5.41) is 0.319. The molecule has 0 unspecified atom stereocenters. The summed E-state index contributed by atoms with van der Waals surface area (Å²) in [6, 6.07) is 13.3. The molecule has 2 heterocycles. The molecule has 0 aliphatic rings. The van der Waals surface area contributed by atoms with Crippen LogP contribution in [0.15, 0.2) is 74.7 Å². The molecule has 4 aromatic rings. The molecular weight excluding hydrogens is 360 g/mol. The Balaban J connectivity index is 1.62. The van der Waals surface area contributed by atoms with E-state index in [1.807, 2.05) is 32.0 Å². The predicted molar refractivity (Wildman–Crippen MR) is 102 cm³/mol. The van der Waals surface area contributed by atoms with Gasteiger partial charge in [0.1, 0.15) is 23.3 Å². The summed E-state index contributed by atoms with van der Waals surface area (Å²) in [5.41, 5.74) is 2.03. The van der Waals surface area contributed by atoms with E-state index in [-0.39, 0.29) is 28.3 Å². The van der Waals surface area contributed by atoms with E-state index in [1.165, 1.54) is 36.8 Å². The fourth-order valence-corrected chi connectivity index (χ4v) is 2.90. The van der Waals surface area contributed by atoms with Crippen LogP contribution in [0.3, 0.4) is 0 Å². The van der Waals surface area contributed by atoms with Gasteiger partial charge in [0.15, 0.2) is 0 Å². The Morgan fingerprint density at radius 2 is 1.71 bits per heavy atom. The van der Waals surface area contributed by atoms with Gasteiger partial charge in [-0.15, -0.1) is 0 Å². The van der Waals surface area contributed by atoms with Crippen LogP contribution in [-0.4, -0.2) is 5.97 Å². The number of benzene rings is 2. The zero-order valence-corrected chi connectivity index (χ0v) is 15.2. The molecule has 0 spiro atoms. The lowest BCUT2D eigenvalue weighted by atomic mass is 10.1. The molecule has 0 aliphatic carbocycles. The fraction of sp³-hybridized carbons (Fsp3) is 0.0909. The summed E-state index contributed by atoms with van der Waals surface area (Å²) < 4.78 is 21.5. The third kappa shape index (κ3) is 3.53. The Bertz CT molecular complexity index is 1200. The molecule has 0 saturated heterocycles. The highest BCUT2D eigenvalue weighted by Crippen LogP contribution is 2.25. The van der Waals surface area contributed by atoms with Crippen LogP contribution in [0.5, 0.6) is 17.2 Å². The molecule has 0 amide bonds. The van der Waals surface area contributed by atoms with Crippen molar-refractivity contribution in [2.24, 2.45) is 0 Å². The number of ether oxygens (including phenoxy) is 2. The molecule has 0 atom stereocenters. The van der Waals surface area contributed by atoms with Crippen LogP contribution >= 0.6 is 0 Å². The van der Waals surface area contributed by atoms with Gasteiger partial charge in [-0.25, -0.2) is 4.79 Å². The average molecular weight is 376 g/mol. The van der Waals surface area contributed by atoms with Crippen molar-refractivity contribution in [2.75, 3.05) is 0 Å². The first-order valence-electron chi connectivity index (χ1n) is 8.57. The highest BCUT2D eigenvalue weighted by Gasteiger charge is 2.14. The number of carbonyl (C=O) groups excluding carboxylic acids is 1. The second-order valence-electron chi connectivity index (χ2n) is 6.38. The maximum atomic E-state index is 12.7. The van der Waals surface area contributed by atoms with E-state index in [9.17, 15) is 9.59 Å². The largest absolute Gasteiger partial charge is 0.460 e. The Hall–Kier alpha value is -3.80. The van der Waals surface area contributed by atoms with Crippen LogP contribution in [0.1, 0.15) is 21.7 Å². The molecule has 2 aromatic carbocycles. The third-order valence-electron chi connectivity index (χ3n) is 4.07. The minimum Gasteiger partial charge on any atom is -0.460 e. The molecular formula is C22H16O6. The van der Waals surface area contributed by atoms with Gasteiger partial charge in [-0.3, -0.25) is 4.79 Å². The highest BCUT2D eigenvalue weighted by molar-refractivity contribution is 5.89. The van der Waals surface area contributed by atoms with Crippen molar-refractivity contribution < 1.29 is 23.1 Å². The van der Waals surface area contributed by atoms with Gasteiger partial charge in [-0.2, -0.15) is 0 Å². The average Bonchev–Trinajstić information content (AvgIpc) is 3.18. The molecule has 140 valence electrons. The van der Waals surface area contributed by atoms with E-state index >= 15 is 0 Å². The standard InChI is InChI=1S/C22H16O6/c1-13-8-14(2)10-16(9-13)27-20-12-26-19-11-15(5-6-17(19)21(20)23)28-22(24)18-4-3-7-25-18/h3-12H,1-2H3. The van der Waals surface area contributed by atoms with Crippen molar-refractivity contribution in [3.8, 4) is 17.2 Å². The molecule has 6 heteroatoms. The van der Waals surface area contributed by atoms with Crippen molar-refractivity contribution in [1.82, 2.24) is 0 Å². The van der Waals surface area contributed by atoms with Crippen LogP contribution in [0.2, 0.25) is 0 Å². The van der Waals surface area contributed by atoms with Gasteiger partial charge in [0.2, 0.25) is 16.9 Å². The van der Waals surface area contributed by atoms with Crippen LogP contribution in [0.4, 0.5) is 0 Å². The summed E-state index contributed by atoms with van der Waals surface area (Å²) in [6.07, 6.45) is 2.63. The summed E-state index contributed by atoms with van der Waals surface area (Å²) in [6.45, 7) is 3.91. The van der Waals surface area contributed by atoms with E-state index in [1.54, 1.807) is 6.07 Å². The number of furan rings is 1. The molecule has 28 heavy (non-hydrogen) atoms. The van der Waals surface area contributed by atoms with Gasteiger partial charge in [0, 0.05) is 6.07 Å². The topological polar surface area (TPSA) is 78.9 Å². The summed E-state index contributed by atoms with van der Waals surface area (Å²) in [7, 11) is 0. The third-order valence-corrected chi connectivity index (χ3v) is 4.07. The lowest BCUT2D eigenvalue weighted by molar-refractivity contribution is 0.0701. The molecule has 6 nitrogen and oxygen atoms in total. The van der Waals surface area contributed by atoms with E-state index in [0.29, 0.717) is 11.1 Å². The number of hydrogen-bond donors (Lipinski definition) is 0. The van der Waals surface area contributed by atoms with E-state index in [4.69, 9.17) is 18.3 Å². The van der Waals surface area contributed by atoms with E-state index in [2.05, 4.69) is 0 Å². The fourth-order valence-electron chi connectivity index (χ4n) is 2.90. The van der Waals surface area contributed by atoms with Crippen LogP contribution in [-0.2, 0) is 0 Å². The number of esters is 1. The number of hydrogen-bond acceptors (Lipinski definition) is 6. The Kier molecular flexibility index (Phi) is 4.45. The Morgan fingerprint density at radius 1 is 0.929 bits per heavy atom. The second-order valence-corrected chi connectivity index (χ2v) is 6.38. The smallest absolute Gasteiger partial charge is 0.379 e. The van der Waals surface area contributed by atoms with Gasteiger partial charge in [-0.05, 0) is 61.4 Å². The minimum atomic E-state index is -0.638. The first kappa shape index (κ1) is 17.6. The molecule has 0 radical (unpaired) electrons. The maximum absolute atomic E-state index is 12.7. The van der Waals surface area contributed by atoms with Gasteiger partial charge < -0.3 is 18.3 Å². The summed E-state index contributed by atoms with van der Waals surface area (Å²) in [5.74, 6) is 0.325. The van der Waals surface area contributed by atoms with Crippen molar-refractivity contribution >= 4 is 16.9 Å². The molecule has 4 rings (SSSR count). The van der Waals surface area contributed by atoms with Gasteiger partial charge in [-0.1, -0.05) is 6.07 Å². The molecule has 0 saturated carbocycles. The number of carbonyl (C=O) groups is 1. The van der Waals surface area contributed by atoms with E-state index < -0.39 is 5.97 Å². The normalized spacial score (nSPS) is 10.8. The maximum Gasteiger partial charge on any atom is 0.379 e. The van der Waals surface area contributed by atoms with Gasteiger partial charge >= 0.3 is 5.97 Å². The van der Waals surface area contributed by atoms with Crippen molar-refractivity contribution in [3.63, 3.8) is 0 Å². The van der Waals surface area contributed by atoms with E-state index in [0.717, 1.165) is 11.1 Å². The molecule has 0 bridgehead atoms. The minimum absolute atomic E-state index is 0.0813. The zero-order chi connectivity index (χ0) is 19.7. The molecule has 0 N–H and O–H groups in total. The molecule has 0 aliphatic heterocycles. The lowest BCUT2D eigenvalue weighted by Gasteiger charge is -2.08. The SMILES string of the molecule is Cc1cc(C)cc(Oc2coc3cc(OC(=O)c4ccco4)ccc3c2=O)c1. The van der Waals surface area contributed by atoms with Gasteiger partial charge in [0.25, 0.3) is 0 Å². The quantitative estimate of drug-likeness (QED) is 0.368. The highest BCUT2D eigenvalue weighted by atomic mass is 16.5. The zero-order valence-electron chi connectivity index (χ0n) is 15.2. The van der Waals surface area contributed by atoms with Gasteiger partial charge in [0.05, 0.1) is 11.6 Å². The second kappa shape index (κ2) is 7.08. The van der Waals surface area contributed by atoms with Crippen molar-refractivity contribution in [3.05, 3.63) is 88.2 Å².